The molecule has 0 aliphatic rings. The Balaban J connectivity index is 5.30. The van der Waals surface area contributed by atoms with E-state index in [1.165, 1.54) is 0 Å². The predicted molar refractivity (Wildman–Crippen MR) is 36.1 cm³/mol. The van der Waals surface area contributed by atoms with Gasteiger partial charge in [-0.2, -0.15) is 26.3 Å². The first-order valence-electron chi connectivity index (χ1n) is 2.95. The van der Waals surface area contributed by atoms with Crippen molar-refractivity contribution in [2.45, 2.75) is 29.3 Å². The Morgan fingerprint density at radius 2 is 1.00 bits per heavy atom. The molecule has 0 rings (SSSR count). The van der Waals surface area contributed by atoms with Gasteiger partial charge in [-0.25, -0.2) is 4.39 Å². The number of rotatable bonds is 3. The standard InChI is InChI=1S/C5H3Cl2F7/c1-2(8,9)3(10,11)4(12,13)5(6,7)14/h1H3. The molecule has 0 aromatic rings. The number of halogens is 9. The molecule has 86 valence electrons. The molecule has 0 unspecified atom stereocenters. The first-order valence-corrected chi connectivity index (χ1v) is 3.71. The van der Waals surface area contributed by atoms with Gasteiger partial charge in [0.2, 0.25) is 0 Å². The van der Waals surface area contributed by atoms with Gasteiger partial charge in [-0.3, -0.25) is 0 Å². The maximum Gasteiger partial charge on any atom is 0.377 e. The molecule has 14 heavy (non-hydrogen) atoms. The van der Waals surface area contributed by atoms with Crippen molar-refractivity contribution in [2.75, 3.05) is 0 Å². The molecule has 0 saturated carbocycles. The minimum absolute atomic E-state index is 0.500. The maximum absolute atomic E-state index is 12.3. The van der Waals surface area contributed by atoms with E-state index in [2.05, 4.69) is 23.2 Å². The fraction of sp³-hybridized carbons (Fsp3) is 1.00. The van der Waals surface area contributed by atoms with E-state index in [1.807, 2.05) is 0 Å². The molecule has 0 N–H and O–H groups in total. The lowest BCUT2D eigenvalue weighted by Gasteiger charge is -2.33. The number of hydrogen-bond acceptors (Lipinski definition) is 0. The molecule has 0 aromatic carbocycles. The van der Waals surface area contributed by atoms with Crippen molar-refractivity contribution in [3.8, 4) is 0 Å². The summed E-state index contributed by atoms with van der Waals surface area (Å²) in [6, 6.07) is 0. The summed E-state index contributed by atoms with van der Waals surface area (Å²) in [4.78, 5) is 0. The fourth-order valence-electron chi connectivity index (χ4n) is 0.454. The Morgan fingerprint density at radius 1 is 0.714 bits per heavy atom. The molecular formula is C5H3Cl2F7. The van der Waals surface area contributed by atoms with Gasteiger partial charge in [0.05, 0.1) is 0 Å². The lowest BCUT2D eigenvalue weighted by molar-refractivity contribution is -0.316. The van der Waals surface area contributed by atoms with Gasteiger partial charge in [-0.15, -0.1) is 0 Å². The highest BCUT2D eigenvalue weighted by Gasteiger charge is 2.77. The van der Waals surface area contributed by atoms with E-state index in [0.29, 0.717) is 0 Å². The quantitative estimate of drug-likeness (QED) is 0.535. The lowest BCUT2D eigenvalue weighted by atomic mass is 10.1. The van der Waals surface area contributed by atoms with Crippen LogP contribution >= 0.6 is 23.2 Å². The molecule has 0 aliphatic heterocycles. The maximum atomic E-state index is 12.3. The lowest BCUT2D eigenvalue weighted by Crippen LogP contribution is -2.59. The molecule has 0 nitrogen and oxygen atoms in total. The summed E-state index contributed by atoms with van der Waals surface area (Å²) in [6.07, 6.45) is 0. The summed E-state index contributed by atoms with van der Waals surface area (Å²) in [5, 5.41) is 0. The minimum atomic E-state index is -5.99. The van der Waals surface area contributed by atoms with Crippen LogP contribution in [0.1, 0.15) is 6.92 Å². The van der Waals surface area contributed by atoms with E-state index in [0.717, 1.165) is 0 Å². The normalized spacial score (nSPS) is 15.9. The zero-order chi connectivity index (χ0) is 12.0. The summed E-state index contributed by atoms with van der Waals surface area (Å²) in [5.74, 6) is -17.0. The van der Waals surface area contributed by atoms with Gasteiger partial charge in [-0.1, -0.05) is 23.2 Å². The van der Waals surface area contributed by atoms with Crippen molar-refractivity contribution >= 4 is 23.2 Å². The van der Waals surface area contributed by atoms with E-state index >= 15 is 0 Å². The zero-order valence-electron chi connectivity index (χ0n) is 6.40. The molecule has 9 heteroatoms. The van der Waals surface area contributed by atoms with Crippen LogP contribution in [0.4, 0.5) is 30.7 Å². The van der Waals surface area contributed by atoms with Gasteiger partial charge in [-0.05, 0) is 0 Å². The number of hydrogen-bond donors (Lipinski definition) is 0. The van der Waals surface area contributed by atoms with Crippen molar-refractivity contribution in [1.82, 2.24) is 0 Å². The summed E-state index contributed by atoms with van der Waals surface area (Å²) >= 11 is 8.10. The smallest absolute Gasteiger partial charge is 0.201 e. The molecular weight excluding hydrogens is 264 g/mol. The van der Waals surface area contributed by atoms with Crippen LogP contribution in [0.2, 0.25) is 0 Å². The van der Waals surface area contributed by atoms with Crippen LogP contribution < -0.4 is 0 Å². The highest BCUT2D eigenvalue weighted by Crippen LogP contribution is 2.54. The van der Waals surface area contributed by atoms with Crippen LogP contribution in [0, 0.1) is 0 Å². The van der Waals surface area contributed by atoms with Crippen LogP contribution in [0.25, 0.3) is 0 Å². The van der Waals surface area contributed by atoms with E-state index < -0.39 is 29.3 Å². The predicted octanol–water partition coefficient (Wildman–Crippen LogP) is 4.01. The van der Waals surface area contributed by atoms with E-state index in [1.54, 1.807) is 0 Å². The van der Waals surface area contributed by atoms with Crippen molar-refractivity contribution in [3.63, 3.8) is 0 Å². The molecule has 0 heterocycles. The van der Waals surface area contributed by atoms with Crippen LogP contribution in [-0.2, 0) is 0 Å². The SMILES string of the molecule is CC(F)(F)C(F)(F)C(F)(F)C(F)(Cl)Cl. The third-order valence-corrected chi connectivity index (χ3v) is 1.78. The van der Waals surface area contributed by atoms with Crippen molar-refractivity contribution in [1.29, 1.82) is 0 Å². The summed E-state index contributed by atoms with van der Waals surface area (Å²) in [7, 11) is 0. The van der Waals surface area contributed by atoms with Gasteiger partial charge in [0.1, 0.15) is 0 Å². The third kappa shape index (κ3) is 2.03. The Morgan fingerprint density at radius 3 is 1.07 bits per heavy atom. The minimum Gasteiger partial charge on any atom is -0.201 e. The highest BCUT2D eigenvalue weighted by atomic mass is 35.5. The van der Waals surface area contributed by atoms with Crippen LogP contribution in [-0.4, -0.2) is 22.4 Å². The van der Waals surface area contributed by atoms with E-state index in [9.17, 15) is 30.7 Å². The first kappa shape index (κ1) is 14.1. The third-order valence-electron chi connectivity index (χ3n) is 1.30. The Labute approximate surface area is 84.0 Å². The molecule has 0 bridgehead atoms. The first-order chi connectivity index (χ1) is 5.75. The Kier molecular flexibility index (Phi) is 3.32. The fourth-order valence-corrected chi connectivity index (χ4v) is 0.691. The van der Waals surface area contributed by atoms with E-state index in [4.69, 9.17) is 0 Å². The molecule has 0 amide bonds. The van der Waals surface area contributed by atoms with Crippen LogP contribution in [0.3, 0.4) is 0 Å². The van der Waals surface area contributed by atoms with Crippen LogP contribution in [0.15, 0.2) is 0 Å². The Hall–Kier alpha value is 0.0900. The van der Waals surface area contributed by atoms with Gasteiger partial charge in [0, 0.05) is 6.92 Å². The van der Waals surface area contributed by atoms with Crippen molar-refractivity contribution in [2.24, 2.45) is 0 Å². The number of alkyl halides is 9. The van der Waals surface area contributed by atoms with Gasteiger partial charge in [0.15, 0.2) is 0 Å². The largest absolute Gasteiger partial charge is 0.377 e. The summed E-state index contributed by atoms with van der Waals surface area (Å²) in [5.41, 5.74) is 0. The topological polar surface area (TPSA) is 0 Å². The second kappa shape index (κ2) is 3.30. The Bertz CT molecular complexity index is 189. The molecule has 0 atom stereocenters. The molecule has 0 spiro atoms. The molecule has 0 fully saturated rings. The molecule has 0 radical (unpaired) electrons. The average Bonchev–Trinajstić information content (AvgIpc) is 1.81. The summed E-state index contributed by atoms with van der Waals surface area (Å²) in [6.45, 7) is -0.500. The monoisotopic (exact) mass is 266 g/mol. The van der Waals surface area contributed by atoms with Crippen LogP contribution in [0.5, 0.6) is 0 Å². The second-order valence-electron chi connectivity index (χ2n) is 2.53. The zero-order valence-corrected chi connectivity index (χ0v) is 7.91. The van der Waals surface area contributed by atoms with Crippen molar-refractivity contribution < 1.29 is 30.7 Å². The van der Waals surface area contributed by atoms with Crippen molar-refractivity contribution in [3.05, 3.63) is 0 Å². The molecule has 0 aromatic heterocycles. The second-order valence-corrected chi connectivity index (χ2v) is 3.77. The van der Waals surface area contributed by atoms with E-state index in [-0.39, 0.29) is 0 Å². The highest BCUT2D eigenvalue weighted by molar-refractivity contribution is 6.47. The summed E-state index contributed by atoms with van der Waals surface area (Å²) < 4.78 is 80.7. The van der Waals surface area contributed by atoms with Gasteiger partial charge < -0.3 is 0 Å². The van der Waals surface area contributed by atoms with Gasteiger partial charge >= 0.3 is 22.4 Å². The molecule has 0 aliphatic carbocycles. The molecule has 0 saturated heterocycles. The average molecular weight is 267 g/mol. The van der Waals surface area contributed by atoms with Gasteiger partial charge in [0.25, 0.3) is 0 Å².